The largest absolute Gasteiger partial charge is 0.480 e. The van der Waals surface area contributed by atoms with E-state index < -0.39 is 23.9 Å². The van der Waals surface area contributed by atoms with E-state index in [1.807, 2.05) is 0 Å². The third-order valence-corrected chi connectivity index (χ3v) is 1.93. The number of rotatable bonds is 1. The molecular formula is C7H9NO5. The van der Waals surface area contributed by atoms with Crippen LogP contribution in [0.2, 0.25) is 0 Å². The van der Waals surface area contributed by atoms with Crippen molar-refractivity contribution in [3.05, 3.63) is 0 Å². The molecule has 1 fully saturated rings. The van der Waals surface area contributed by atoms with Crippen molar-refractivity contribution in [2.45, 2.75) is 12.5 Å². The van der Waals surface area contributed by atoms with E-state index in [4.69, 9.17) is 5.11 Å². The number of nitrogens with zero attached hydrogens (tertiary/aromatic N) is 1. The molecule has 1 N–H and O–H groups in total. The van der Waals surface area contributed by atoms with Crippen molar-refractivity contribution < 1.29 is 24.2 Å². The molecule has 1 saturated heterocycles. The Morgan fingerprint density at radius 3 is 2.38 bits per heavy atom. The van der Waals surface area contributed by atoms with E-state index in [-0.39, 0.29) is 0 Å². The van der Waals surface area contributed by atoms with Gasteiger partial charge in [-0.3, -0.25) is 4.79 Å². The molecule has 1 rings (SSSR count). The van der Waals surface area contributed by atoms with Crippen LogP contribution in [-0.2, 0) is 19.1 Å². The van der Waals surface area contributed by atoms with E-state index >= 15 is 0 Å². The molecule has 72 valence electrons. The summed E-state index contributed by atoms with van der Waals surface area (Å²) in [4.78, 5) is 33.2. The molecule has 0 aromatic rings. The van der Waals surface area contributed by atoms with Gasteiger partial charge in [0.15, 0.2) is 0 Å². The Bertz CT molecular complexity index is 262. The van der Waals surface area contributed by atoms with Crippen molar-refractivity contribution in [2.75, 3.05) is 13.7 Å². The minimum absolute atomic E-state index is 0.297. The van der Waals surface area contributed by atoms with Gasteiger partial charge in [-0.1, -0.05) is 0 Å². The van der Waals surface area contributed by atoms with Gasteiger partial charge in [0.2, 0.25) is 0 Å². The highest BCUT2D eigenvalue weighted by atomic mass is 16.5. The van der Waals surface area contributed by atoms with Crippen molar-refractivity contribution in [3.63, 3.8) is 0 Å². The quantitative estimate of drug-likeness (QED) is 0.413. The Kier molecular flexibility index (Phi) is 2.50. The summed E-state index contributed by atoms with van der Waals surface area (Å²) in [6, 6.07) is -0.869. The number of amides is 1. The van der Waals surface area contributed by atoms with Crippen LogP contribution in [0.1, 0.15) is 6.42 Å². The Morgan fingerprint density at radius 1 is 1.46 bits per heavy atom. The molecule has 1 atom stereocenters. The summed E-state index contributed by atoms with van der Waals surface area (Å²) in [6.07, 6.45) is 0.387. The average Bonchev–Trinajstić information content (AvgIpc) is 1.99. The zero-order valence-corrected chi connectivity index (χ0v) is 7.02. The lowest BCUT2D eigenvalue weighted by molar-refractivity contribution is -0.167. The molecule has 6 heteroatoms. The molecule has 0 aromatic carbocycles. The highest BCUT2D eigenvalue weighted by molar-refractivity contribution is 6.33. The summed E-state index contributed by atoms with van der Waals surface area (Å²) in [5, 5.41) is 8.56. The molecule has 1 amide bonds. The van der Waals surface area contributed by atoms with Crippen LogP contribution in [0, 0.1) is 0 Å². The number of carbonyl (C=O) groups is 3. The van der Waals surface area contributed by atoms with Crippen LogP contribution in [0.3, 0.4) is 0 Å². The van der Waals surface area contributed by atoms with Gasteiger partial charge in [-0.05, 0) is 6.42 Å². The number of esters is 1. The maximum Gasteiger partial charge on any atom is 0.396 e. The van der Waals surface area contributed by atoms with Gasteiger partial charge < -0.3 is 14.7 Å². The Morgan fingerprint density at radius 2 is 2.08 bits per heavy atom. The van der Waals surface area contributed by atoms with Crippen LogP contribution in [0.5, 0.6) is 0 Å². The first kappa shape index (κ1) is 9.50. The Hall–Kier alpha value is -1.59. The number of methoxy groups -OCH3 is 1. The fourth-order valence-electron chi connectivity index (χ4n) is 1.09. The summed E-state index contributed by atoms with van der Waals surface area (Å²) < 4.78 is 4.17. The summed E-state index contributed by atoms with van der Waals surface area (Å²) in [6.45, 7) is 0.297. The lowest BCUT2D eigenvalue weighted by Gasteiger charge is -2.36. The second kappa shape index (κ2) is 3.42. The minimum atomic E-state index is -1.09. The van der Waals surface area contributed by atoms with Crippen molar-refractivity contribution in [1.29, 1.82) is 0 Å². The second-order valence-corrected chi connectivity index (χ2v) is 2.63. The molecule has 6 nitrogen and oxygen atoms in total. The van der Waals surface area contributed by atoms with Crippen molar-refractivity contribution in [2.24, 2.45) is 0 Å². The fourth-order valence-corrected chi connectivity index (χ4v) is 1.09. The van der Waals surface area contributed by atoms with Crippen LogP contribution in [0.25, 0.3) is 0 Å². The topological polar surface area (TPSA) is 83.9 Å². The molecule has 0 spiro atoms. The van der Waals surface area contributed by atoms with Gasteiger partial charge in [0.05, 0.1) is 7.11 Å². The average molecular weight is 187 g/mol. The van der Waals surface area contributed by atoms with Crippen molar-refractivity contribution in [1.82, 2.24) is 4.90 Å². The predicted molar refractivity (Wildman–Crippen MR) is 39.8 cm³/mol. The predicted octanol–water partition coefficient (Wildman–Crippen LogP) is -1.16. The van der Waals surface area contributed by atoms with E-state index in [1.165, 1.54) is 0 Å². The fraction of sp³-hybridized carbons (Fsp3) is 0.571. The van der Waals surface area contributed by atoms with Gasteiger partial charge in [0.25, 0.3) is 0 Å². The number of hydrogen-bond acceptors (Lipinski definition) is 4. The van der Waals surface area contributed by atoms with Gasteiger partial charge in [-0.25, -0.2) is 9.59 Å². The summed E-state index contributed by atoms with van der Waals surface area (Å²) in [5.41, 5.74) is 0. The normalized spacial score (nSPS) is 20.4. The lowest BCUT2D eigenvalue weighted by Crippen LogP contribution is -2.57. The number of carboxylic acids is 1. The van der Waals surface area contributed by atoms with Gasteiger partial charge in [-0.15, -0.1) is 0 Å². The number of carboxylic acid groups (broad SMARTS) is 1. The summed E-state index contributed by atoms with van der Waals surface area (Å²) in [5.74, 6) is -3.00. The smallest absolute Gasteiger partial charge is 0.396 e. The first-order valence-corrected chi connectivity index (χ1v) is 3.69. The van der Waals surface area contributed by atoms with Crippen molar-refractivity contribution in [3.8, 4) is 0 Å². The molecule has 1 aliphatic rings. The van der Waals surface area contributed by atoms with Gasteiger partial charge in [0, 0.05) is 6.54 Å². The SMILES string of the molecule is COC(=O)C(=O)N1CCC1C(=O)O. The third kappa shape index (κ3) is 1.61. The van der Waals surface area contributed by atoms with Crippen LogP contribution in [0.4, 0.5) is 0 Å². The number of carbonyl (C=O) groups excluding carboxylic acids is 2. The maximum absolute atomic E-state index is 11.1. The second-order valence-electron chi connectivity index (χ2n) is 2.63. The number of likely N-dealkylation sites (tertiary alicyclic amines) is 1. The maximum atomic E-state index is 11.1. The van der Waals surface area contributed by atoms with E-state index in [0.29, 0.717) is 13.0 Å². The molecule has 1 aliphatic heterocycles. The van der Waals surface area contributed by atoms with Gasteiger partial charge in [-0.2, -0.15) is 0 Å². The number of hydrogen-bond donors (Lipinski definition) is 1. The zero-order chi connectivity index (χ0) is 10.0. The van der Waals surface area contributed by atoms with E-state index in [0.717, 1.165) is 12.0 Å². The molecule has 0 aromatic heterocycles. The number of aliphatic carboxylic acids is 1. The third-order valence-electron chi connectivity index (χ3n) is 1.93. The van der Waals surface area contributed by atoms with E-state index in [9.17, 15) is 14.4 Å². The molecule has 0 radical (unpaired) electrons. The van der Waals surface area contributed by atoms with Gasteiger partial charge >= 0.3 is 17.8 Å². The van der Waals surface area contributed by atoms with E-state index in [1.54, 1.807) is 0 Å². The van der Waals surface area contributed by atoms with Crippen LogP contribution < -0.4 is 0 Å². The highest BCUT2D eigenvalue weighted by Gasteiger charge is 2.40. The molecular weight excluding hydrogens is 178 g/mol. The molecule has 13 heavy (non-hydrogen) atoms. The van der Waals surface area contributed by atoms with Crippen LogP contribution in [-0.4, -0.2) is 47.5 Å². The molecule has 1 heterocycles. The highest BCUT2D eigenvalue weighted by Crippen LogP contribution is 2.17. The number of ether oxygens (including phenoxy) is 1. The summed E-state index contributed by atoms with van der Waals surface area (Å²) in [7, 11) is 1.08. The lowest BCUT2D eigenvalue weighted by atomic mass is 10.0. The van der Waals surface area contributed by atoms with E-state index in [2.05, 4.69) is 4.74 Å². The molecule has 0 bridgehead atoms. The van der Waals surface area contributed by atoms with Gasteiger partial charge in [0.1, 0.15) is 6.04 Å². The summed E-state index contributed by atoms with van der Waals surface area (Å²) >= 11 is 0. The van der Waals surface area contributed by atoms with Crippen LogP contribution in [0.15, 0.2) is 0 Å². The van der Waals surface area contributed by atoms with Crippen LogP contribution >= 0.6 is 0 Å². The zero-order valence-electron chi connectivity index (χ0n) is 7.02. The monoisotopic (exact) mass is 187 g/mol. The first-order chi connectivity index (χ1) is 6.07. The standard InChI is InChI=1S/C7H9NO5/c1-13-7(12)5(9)8-3-2-4(8)6(10)11/h4H,2-3H2,1H3,(H,10,11). The van der Waals surface area contributed by atoms with Crippen molar-refractivity contribution >= 4 is 17.8 Å². The Balaban J connectivity index is 2.59. The first-order valence-electron chi connectivity index (χ1n) is 3.69. The Labute approximate surface area is 74.1 Å². The molecule has 0 saturated carbocycles. The molecule has 0 aliphatic carbocycles. The minimum Gasteiger partial charge on any atom is -0.480 e. The molecule has 1 unspecified atom stereocenters.